The summed E-state index contributed by atoms with van der Waals surface area (Å²) in [4.78, 5) is 11.3. The van der Waals surface area contributed by atoms with E-state index in [4.69, 9.17) is 32.8 Å². The van der Waals surface area contributed by atoms with E-state index in [1.54, 1.807) is 0 Å². The molecule has 256 valence electrons. The normalized spacial score (nSPS) is 30.9. The van der Waals surface area contributed by atoms with Crippen LogP contribution in [0.3, 0.4) is 0 Å². The number of ether oxygens (including phenoxy) is 6. The molecule has 0 saturated carbocycles. The Hall–Kier alpha value is -4.04. The number of aromatic hydroxyl groups is 2. The minimum atomic E-state index is -1.82. The first-order valence-corrected chi connectivity index (χ1v) is 14.3. The van der Waals surface area contributed by atoms with Crippen molar-refractivity contribution in [1.29, 1.82) is 0 Å². The van der Waals surface area contributed by atoms with Crippen molar-refractivity contribution < 1.29 is 83.6 Å². The van der Waals surface area contributed by atoms with Crippen molar-refractivity contribution in [2.75, 3.05) is 20.3 Å². The van der Waals surface area contributed by atoms with Crippen LogP contribution in [-0.4, -0.2) is 134 Å². The van der Waals surface area contributed by atoms with Gasteiger partial charge in [0.25, 0.3) is 0 Å². The van der Waals surface area contributed by atoms with E-state index in [1.807, 2.05) is 0 Å². The first kappa shape index (κ1) is 34.3. The second kappa shape index (κ2) is 14.0. The Morgan fingerprint density at radius 3 is 2.02 bits per heavy atom. The van der Waals surface area contributed by atoms with Crippen LogP contribution in [0.4, 0.5) is 0 Å². The number of hydrogen-bond donors (Lipinski definition) is 9. The van der Waals surface area contributed by atoms with Crippen LogP contribution in [0.15, 0.2) is 40.8 Å². The van der Waals surface area contributed by atoms with Gasteiger partial charge in [-0.1, -0.05) is 0 Å². The van der Waals surface area contributed by atoms with Gasteiger partial charge in [-0.25, -0.2) is 4.42 Å². The van der Waals surface area contributed by atoms with Gasteiger partial charge in [0.05, 0.1) is 25.3 Å². The Bertz CT molecular complexity index is 1580. The molecule has 1 aromatic heterocycles. The Labute approximate surface area is 265 Å². The molecule has 0 bridgehead atoms. The molecule has 0 aliphatic carbocycles. The van der Waals surface area contributed by atoms with E-state index in [0.717, 1.165) is 13.0 Å². The molecule has 2 saturated heterocycles. The van der Waals surface area contributed by atoms with Crippen LogP contribution >= 0.6 is 0 Å². The Morgan fingerprint density at radius 2 is 1.40 bits per heavy atom. The minimum Gasteiger partial charge on any atom is -0.507 e. The lowest BCUT2D eigenvalue weighted by atomic mass is 9.99. The molecule has 2 aliphatic heterocycles. The topological polar surface area (TPSA) is 266 Å². The van der Waals surface area contributed by atoms with Gasteiger partial charge < -0.3 is 74.4 Å². The number of carbonyl (C=O) groups is 1. The van der Waals surface area contributed by atoms with Crippen LogP contribution < -0.4 is 14.2 Å². The molecule has 0 radical (unpaired) electrons. The van der Waals surface area contributed by atoms with Crippen LogP contribution in [0, 0.1) is 0 Å². The number of aliphatic hydroxyl groups excluding tert-OH is 7. The number of phenols is 2. The number of aliphatic hydroxyl groups is 7. The number of benzene rings is 2. The van der Waals surface area contributed by atoms with Gasteiger partial charge in [0.15, 0.2) is 11.5 Å². The summed E-state index contributed by atoms with van der Waals surface area (Å²) in [6, 6.07) is 7.78. The monoisotopic (exact) mass is 667 g/mol. The molecule has 0 spiro atoms. The summed E-state index contributed by atoms with van der Waals surface area (Å²) in [5, 5.41) is 93.0. The highest BCUT2D eigenvalue weighted by Gasteiger charge is 2.47. The third kappa shape index (κ3) is 6.98. The third-order valence-electron chi connectivity index (χ3n) is 7.70. The van der Waals surface area contributed by atoms with Crippen LogP contribution in [0.25, 0.3) is 22.3 Å². The molecule has 2 aromatic carbocycles. The highest BCUT2D eigenvalue weighted by atomic mass is 16.7. The number of methoxy groups -OCH3 is 1. The van der Waals surface area contributed by atoms with Crippen molar-refractivity contribution in [3.8, 4) is 40.1 Å². The molecular formula is C30H35O17+. The van der Waals surface area contributed by atoms with Crippen LogP contribution in [0.1, 0.15) is 6.92 Å². The zero-order chi connectivity index (χ0) is 34.2. The highest BCUT2D eigenvalue weighted by Crippen LogP contribution is 2.43. The van der Waals surface area contributed by atoms with E-state index in [0.29, 0.717) is 0 Å². The first-order chi connectivity index (χ1) is 22.3. The molecule has 47 heavy (non-hydrogen) atoms. The van der Waals surface area contributed by atoms with E-state index in [2.05, 4.69) is 0 Å². The SMILES string of the molecule is COc1cc(-c2[o+]c3cc(O)cc(O[C@@H]4OC(COC(C)=O)[C@@H](O)[C@H](O)C4O)c3cc2O[C@@H]2OC(CO)[C@@H](O)[C@H](O)C2O)ccc1O. The van der Waals surface area contributed by atoms with E-state index in [9.17, 15) is 50.8 Å². The van der Waals surface area contributed by atoms with Gasteiger partial charge in [0.1, 0.15) is 72.3 Å². The fourth-order valence-corrected chi connectivity index (χ4v) is 5.14. The summed E-state index contributed by atoms with van der Waals surface area (Å²) in [7, 11) is 1.32. The molecule has 17 heteroatoms. The predicted octanol–water partition coefficient (Wildman–Crippen LogP) is -1.27. The van der Waals surface area contributed by atoms with E-state index in [-0.39, 0.29) is 51.0 Å². The number of carbonyl (C=O) groups excluding carboxylic acids is 1. The van der Waals surface area contributed by atoms with Gasteiger partial charge in [-0.15, -0.1) is 0 Å². The van der Waals surface area contributed by atoms with Crippen molar-refractivity contribution in [2.24, 2.45) is 0 Å². The molecule has 17 nitrogen and oxygen atoms in total. The fourth-order valence-electron chi connectivity index (χ4n) is 5.14. The van der Waals surface area contributed by atoms with E-state index in [1.165, 1.54) is 37.4 Å². The molecular weight excluding hydrogens is 632 g/mol. The summed E-state index contributed by atoms with van der Waals surface area (Å²) < 4.78 is 39.1. The molecule has 2 aliphatic rings. The minimum absolute atomic E-state index is 0.0365. The molecule has 9 N–H and O–H groups in total. The lowest BCUT2D eigenvalue weighted by Gasteiger charge is -2.40. The third-order valence-corrected chi connectivity index (χ3v) is 7.70. The van der Waals surface area contributed by atoms with Crippen molar-refractivity contribution in [2.45, 2.75) is 68.3 Å². The quantitative estimate of drug-likeness (QED) is 0.0951. The molecule has 5 rings (SSSR count). The van der Waals surface area contributed by atoms with Gasteiger partial charge >= 0.3 is 17.3 Å². The Kier molecular flexibility index (Phi) is 10.2. The Morgan fingerprint density at radius 1 is 0.787 bits per heavy atom. The average molecular weight is 668 g/mol. The molecule has 3 heterocycles. The number of esters is 1. The maximum atomic E-state index is 11.3. The summed E-state index contributed by atoms with van der Waals surface area (Å²) >= 11 is 0. The number of phenolic OH excluding ortho intramolecular Hbond substituents is 2. The summed E-state index contributed by atoms with van der Waals surface area (Å²) in [6.07, 6.45) is -16.5. The number of hydrogen-bond acceptors (Lipinski definition) is 16. The van der Waals surface area contributed by atoms with Gasteiger partial charge in [-0.2, -0.15) is 0 Å². The van der Waals surface area contributed by atoms with Gasteiger partial charge in [0, 0.05) is 25.1 Å². The average Bonchev–Trinajstić information content (AvgIpc) is 3.04. The summed E-state index contributed by atoms with van der Waals surface area (Å²) in [5.74, 6) is -1.67. The first-order valence-electron chi connectivity index (χ1n) is 14.3. The van der Waals surface area contributed by atoms with Crippen molar-refractivity contribution in [3.63, 3.8) is 0 Å². The second-order valence-corrected chi connectivity index (χ2v) is 10.9. The molecule has 10 atom stereocenters. The lowest BCUT2D eigenvalue weighted by molar-refractivity contribution is -0.278. The standard InChI is InChI=1S/C30H34O17/c1-11(32)42-10-21-23(36)25(38)27(40)29(47-21)44-17-7-13(33)6-16-14(17)8-19(28(43-16)12-3-4-15(34)18(5-12)41-2)45-30-26(39)24(37)22(35)20(9-31)46-30/h3-8,20-27,29-31,35-40H,9-10H2,1-2H3,(H-,33,34)/p+1/t20?,21?,22-,23-,24+,25+,26?,27?,29-,30-/m1/s1. The largest absolute Gasteiger partial charge is 0.507 e. The van der Waals surface area contributed by atoms with Crippen molar-refractivity contribution in [3.05, 3.63) is 36.4 Å². The Balaban J connectivity index is 1.59. The molecule has 0 amide bonds. The zero-order valence-corrected chi connectivity index (χ0v) is 24.9. The second-order valence-electron chi connectivity index (χ2n) is 10.9. The number of fused-ring (bicyclic) bond motifs is 1. The van der Waals surface area contributed by atoms with Gasteiger partial charge in [0.2, 0.25) is 18.3 Å². The van der Waals surface area contributed by atoms with Crippen LogP contribution in [0.5, 0.6) is 28.7 Å². The van der Waals surface area contributed by atoms with Gasteiger partial charge in [-0.3, -0.25) is 4.79 Å². The molecule has 2 fully saturated rings. The van der Waals surface area contributed by atoms with E-state index < -0.39 is 80.6 Å². The smallest absolute Gasteiger partial charge is 0.402 e. The summed E-state index contributed by atoms with van der Waals surface area (Å²) in [6.45, 7) is -0.0785. The zero-order valence-electron chi connectivity index (χ0n) is 24.9. The van der Waals surface area contributed by atoms with Crippen molar-refractivity contribution >= 4 is 16.9 Å². The predicted molar refractivity (Wildman–Crippen MR) is 154 cm³/mol. The van der Waals surface area contributed by atoms with Crippen LogP contribution in [-0.2, 0) is 19.0 Å². The summed E-state index contributed by atoms with van der Waals surface area (Å²) in [5.41, 5.74) is 0.217. The van der Waals surface area contributed by atoms with Crippen molar-refractivity contribution in [1.82, 2.24) is 0 Å². The maximum Gasteiger partial charge on any atom is 0.402 e. The fraction of sp³-hybridized carbons (Fsp3) is 0.467. The highest BCUT2D eigenvalue weighted by molar-refractivity contribution is 5.89. The van der Waals surface area contributed by atoms with E-state index >= 15 is 0 Å². The lowest BCUT2D eigenvalue weighted by Crippen LogP contribution is -2.60. The molecule has 3 aromatic rings. The molecule has 4 unspecified atom stereocenters. The number of rotatable bonds is 9. The van der Waals surface area contributed by atoms with Crippen LogP contribution in [0.2, 0.25) is 0 Å². The van der Waals surface area contributed by atoms with Gasteiger partial charge in [-0.05, 0) is 12.1 Å². The maximum absolute atomic E-state index is 11.3.